The van der Waals surface area contributed by atoms with E-state index in [1.807, 2.05) is 0 Å². The molecule has 3 heterocycles. The van der Waals surface area contributed by atoms with Crippen LogP contribution in [0.25, 0.3) is 0 Å². The van der Waals surface area contributed by atoms with Crippen molar-refractivity contribution < 1.29 is 32.3 Å². The van der Waals surface area contributed by atoms with Crippen LogP contribution < -0.4 is 10.6 Å². The van der Waals surface area contributed by atoms with Crippen LogP contribution in [0.5, 0.6) is 5.75 Å². The summed E-state index contributed by atoms with van der Waals surface area (Å²) in [6.45, 7) is -0.239. The highest BCUT2D eigenvalue weighted by Crippen LogP contribution is 2.29. The van der Waals surface area contributed by atoms with E-state index in [9.17, 15) is 32.3 Å². The number of nitrogens with zero attached hydrogens (tertiary/aromatic N) is 6. The number of carbonyl (C=O) groups excluding carboxylic acids is 2. The number of phenols is 1. The molecule has 4 aromatic rings. The van der Waals surface area contributed by atoms with Crippen LogP contribution >= 0.6 is 11.3 Å². The number of rotatable bonds is 11. The summed E-state index contributed by atoms with van der Waals surface area (Å²) in [6.07, 6.45) is -3.36. The van der Waals surface area contributed by atoms with Gasteiger partial charge in [-0.1, -0.05) is 28.7 Å². The zero-order valence-electron chi connectivity index (χ0n) is 20.6. The van der Waals surface area contributed by atoms with E-state index in [-0.39, 0.29) is 54.6 Å². The monoisotopic (exact) mass is 578 g/mol. The van der Waals surface area contributed by atoms with Crippen LogP contribution in [0.3, 0.4) is 0 Å². The van der Waals surface area contributed by atoms with Crippen molar-refractivity contribution in [2.75, 3.05) is 0 Å². The Kier molecular flexibility index (Phi) is 8.98. The average molecular weight is 579 g/mol. The third kappa shape index (κ3) is 8.02. The molecule has 16 heteroatoms. The van der Waals surface area contributed by atoms with Crippen molar-refractivity contribution in [1.82, 2.24) is 40.8 Å². The van der Waals surface area contributed by atoms with Gasteiger partial charge in [-0.15, -0.1) is 15.3 Å². The SMILES string of the molecule is O=C(NCc1cccc(O)c1)c1cn(CC(F)CCc2nnc(C(=O)NCc3cc(C(F)(F)F)ccn3)s2)nn1. The first-order chi connectivity index (χ1) is 19.1. The molecule has 0 spiro atoms. The zero-order valence-corrected chi connectivity index (χ0v) is 21.4. The molecular formula is C24H22F4N8O3S. The molecule has 210 valence electrons. The predicted octanol–water partition coefficient (Wildman–Crippen LogP) is 3.08. The number of aromatic nitrogens is 6. The van der Waals surface area contributed by atoms with Crippen LogP contribution in [-0.2, 0) is 32.2 Å². The fourth-order valence-electron chi connectivity index (χ4n) is 3.45. The van der Waals surface area contributed by atoms with Gasteiger partial charge in [-0.05, 0) is 36.2 Å². The Bertz CT molecular complexity index is 1480. The number of amides is 2. The number of pyridine rings is 1. The summed E-state index contributed by atoms with van der Waals surface area (Å²) in [5.41, 5.74) is -0.151. The van der Waals surface area contributed by atoms with Gasteiger partial charge in [-0.2, -0.15) is 13.2 Å². The first-order valence-corrected chi connectivity index (χ1v) is 12.6. The Morgan fingerprint density at radius 2 is 1.85 bits per heavy atom. The average Bonchev–Trinajstić information content (AvgIpc) is 3.59. The van der Waals surface area contributed by atoms with E-state index in [0.717, 1.165) is 29.7 Å². The highest BCUT2D eigenvalue weighted by atomic mass is 32.1. The van der Waals surface area contributed by atoms with E-state index in [1.165, 1.54) is 23.0 Å². The molecule has 0 fully saturated rings. The zero-order chi connectivity index (χ0) is 28.7. The summed E-state index contributed by atoms with van der Waals surface area (Å²) >= 11 is 0.940. The fourth-order valence-corrected chi connectivity index (χ4v) is 4.22. The van der Waals surface area contributed by atoms with Crippen molar-refractivity contribution in [3.63, 3.8) is 0 Å². The molecule has 0 aliphatic heterocycles. The van der Waals surface area contributed by atoms with Gasteiger partial charge >= 0.3 is 6.18 Å². The molecule has 3 aromatic heterocycles. The number of aromatic hydroxyl groups is 1. The van der Waals surface area contributed by atoms with Gasteiger partial charge in [0.1, 0.15) is 16.9 Å². The second-order valence-corrected chi connectivity index (χ2v) is 9.59. The largest absolute Gasteiger partial charge is 0.508 e. The van der Waals surface area contributed by atoms with Crippen molar-refractivity contribution in [3.8, 4) is 5.75 Å². The molecule has 0 saturated carbocycles. The molecule has 0 radical (unpaired) electrons. The van der Waals surface area contributed by atoms with Gasteiger partial charge < -0.3 is 15.7 Å². The quantitative estimate of drug-likeness (QED) is 0.230. The Labute approximate surface area is 228 Å². The van der Waals surface area contributed by atoms with Crippen molar-refractivity contribution in [1.29, 1.82) is 0 Å². The van der Waals surface area contributed by atoms with E-state index in [1.54, 1.807) is 12.1 Å². The molecule has 1 unspecified atom stereocenters. The van der Waals surface area contributed by atoms with Gasteiger partial charge in [0.05, 0.1) is 30.5 Å². The number of aryl methyl sites for hydroxylation is 1. The highest BCUT2D eigenvalue weighted by molar-refractivity contribution is 7.13. The van der Waals surface area contributed by atoms with Crippen molar-refractivity contribution in [3.05, 3.63) is 81.3 Å². The Morgan fingerprint density at radius 1 is 1.05 bits per heavy atom. The number of benzene rings is 1. The molecule has 0 aliphatic carbocycles. The van der Waals surface area contributed by atoms with Crippen LogP contribution in [0.1, 0.15) is 48.5 Å². The maximum absolute atomic E-state index is 14.6. The van der Waals surface area contributed by atoms with Gasteiger partial charge in [-0.3, -0.25) is 14.6 Å². The van der Waals surface area contributed by atoms with Gasteiger partial charge in [0.2, 0.25) is 5.01 Å². The topological polar surface area (TPSA) is 148 Å². The molecule has 3 N–H and O–H groups in total. The number of alkyl halides is 4. The van der Waals surface area contributed by atoms with Gasteiger partial charge in [0, 0.05) is 19.2 Å². The van der Waals surface area contributed by atoms with Crippen LogP contribution in [0.15, 0.2) is 48.8 Å². The maximum atomic E-state index is 14.6. The molecule has 40 heavy (non-hydrogen) atoms. The normalized spacial score (nSPS) is 12.2. The second kappa shape index (κ2) is 12.6. The summed E-state index contributed by atoms with van der Waals surface area (Å²) in [6, 6.07) is 8.08. The van der Waals surface area contributed by atoms with Gasteiger partial charge in [0.25, 0.3) is 11.8 Å². The lowest BCUT2D eigenvalue weighted by atomic mass is 10.2. The Morgan fingerprint density at radius 3 is 2.62 bits per heavy atom. The summed E-state index contributed by atoms with van der Waals surface area (Å²) in [5.74, 6) is -1.07. The van der Waals surface area contributed by atoms with Crippen LogP contribution in [-0.4, -0.2) is 53.3 Å². The number of hydrogen-bond acceptors (Lipinski definition) is 9. The lowest BCUT2D eigenvalue weighted by Crippen LogP contribution is -2.23. The lowest BCUT2D eigenvalue weighted by molar-refractivity contribution is -0.137. The minimum atomic E-state index is -4.52. The molecule has 0 saturated heterocycles. The summed E-state index contributed by atoms with van der Waals surface area (Å²) in [7, 11) is 0. The van der Waals surface area contributed by atoms with E-state index >= 15 is 0 Å². The van der Waals surface area contributed by atoms with Crippen molar-refractivity contribution in [2.45, 2.75) is 44.8 Å². The Hall–Kier alpha value is -4.47. The molecule has 1 atom stereocenters. The summed E-state index contributed by atoms with van der Waals surface area (Å²) in [5, 5.41) is 30.1. The first-order valence-electron chi connectivity index (χ1n) is 11.8. The van der Waals surface area contributed by atoms with E-state index in [4.69, 9.17) is 0 Å². The molecule has 0 aliphatic rings. The maximum Gasteiger partial charge on any atom is 0.416 e. The molecule has 11 nitrogen and oxygen atoms in total. The third-order valence-corrected chi connectivity index (χ3v) is 6.41. The molecule has 1 aromatic carbocycles. The fraction of sp³-hybridized carbons (Fsp3) is 0.292. The van der Waals surface area contributed by atoms with Gasteiger partial charge in [-0.25, -0.2) is 9.07 Å². The van der Waals surface area contributed by atoms with E-state index in [0.29, 0.717) is 10.6 Å². The van der Waals surface area contributed by atoms with Crippen LogP contribution in [0.2, 0.25) is 0 Å². The highest BCUT2D eigenvalue weighted by Gasteiger charge is 2.30. The molecular weight excluding hydrogens is 556 g/mol. The van der Waals surface area contributed by atoms with Crippen molar-refractivity contribution in [2.24, 2.45) is 0 Å². The number of hydrogen-bond donors (Lipinski definition) is 3. The van der Waals surface area contributed by atoms with Crippen LogP contribution in [0.4, 0.5) is 17.6 Å². The third-order valence-electron chi connectivity index (χ3n) is 5.43. The molecule has 4 rings (SSSR count). The number of phenolic OH excluding ortho intramolecular Hbond substituents is 1. The minimum Gasteiger partial charge on any atom is -0.508 e. The van der Waals surface area contributed by atoms with E-state index in [2.05, 4.69) is 36.1 Å². The minimum absolute atomic E-state index is 0.00691. The van der Waals surface area contributed by atoms with Gasteiger partial charge in [0.15, 0.2) is 5.69 Å². The second-order valence-electron chi connectivity index (χ2n) is 8.53. The number of nitrogens with one attached hydrogen (secondary N) is 2. The number of halogens is 4. The summed E-state index contributed by atoms with van der Waals surface area (Å²) in [4.78, 5) is 28.4. The predicted molar refractivity (Wildman–Crippen MR) is 133 cm³/mol. The number of carbonyl (C=O) groups is 2. The summed E-state index contributed by atoms with van der Waals surface area (Å²) < 4.78 is 54.2. The smallest absolute Gasteiger partial charge is 0.416 e. The molecule has 2 amide bonds. The first kappa shape index (κ1) is 28.5. The van der Waals surface area contributed by atoms with Crippen LogP contribution in [0, 0.1) is 0 Å². The standard InChI is InChI=1S/C24H22F4N8O3S/c25-16(12-36-13-19(32-35-36)21(38)30-10-14-2-1-3-18(37)8-14)4-5-20-33-34-23(40-20)22(39)31-11-17-9-15(6-7-29-17)24(26,27)28/h1-3,6-9,13,16,37H,4-5,10-12H2,(H,30,38)(H,31,39). The Balaban J connectivity index is 1.21. The van der Waals surface area contributed by atoms with Crippen molar-refractivity contribution >= 4 is 23.2 Å². The molecule has 0 bridgehead atoms. The lowest BCUT2D eigenvalue weighted by Gasteiger charge is -2.08. The van der Waals surface area contributed by atoms with E-state index < -0.39 is 29.7 Å².